The number of imidazole rings is 1. The van der Waals surface area contributed by atoms with Gasteiger partial charge in [0.1, 0.15) is 16.3 Å². The zero-order chi connectivity index (χ0) is 35.7. The first-order valence-electron chi connectivity index (χ1n) is 16.6. The third kappa shape index (κ3) is 9.32. The number of rotatable bonds is 18. The Balaban J connectivity index is 1.46. The lowest BCUT2D eigenvalue weighted by Gasteiger charge is -2.42. The molecule has 18 heteroatoms. The number of aromatic nitrogens is 4. The quantitative estimate of drug-likeness (QED) is 0.0681. The van der Waals surface area contributed by atoms with E-state index in [0.717, 1.165) is 43.4 Å². The molecule has 2 aliphatic carbocycles. The average Bonchev–Trinajstić information content (AvgIpc) is 3.50. The zero-order valence-electron chi connectivity index (χ0n) is 28.0. The predicted octanol–water partition coefficient (Wildman–Crippen LogP) is 4.95. The number of carbonyl (C=O) groups excluding carboxylic acids is 2. The Morgan fingerprint density at radius 1 is 0.940 bits per heavy atom. The topological polar surface area (TPSA) is 217 Å². The van der Waals surface area contributed by atoms with Crippen molar-refractivity contribution in [3.8, 4) is 5.75 Å². The van der Waals surface area contributed by atoms with Gasteiger partial charge < -0.3 is 39.0 Å². The van der Waals surface area contributed by atoms with E-state index < -0.39 is 32.0 Å². The fraction of sp³-hybridized carbons (Fsp3) is 0.594. The number of ether oxygens (including phenoxy) is 6. The lowest BCUT2D eigenvalue weighted by Crippen LogP contribution is -2.51. The van der Waals surface area contributed by atoms with Crippen molar-refractivity contribution in [3.05, 3.63) is 30.6 Å². The molecule has 4 N–H and O–H groups in total. The van der Waals surface area contributed by atoms with Gasteiger partial charge >= 0.3 is 13.3 Å². The van der Waals surface area contributed by atoms with Gasteiger partial charge in [-0.3, -0.25) is 23.6 Å². The van der Waals surface area contributed by atoms with Gasteiger partial charge in [-0.15, -0.1) is 0 Å². The summed E-state index contributed by atoms with van der Waals surface area (Å²) in [4.78, 5) is 59.2. The van der Waals surface area contributed by atoms with Crippen LogP contribution in [0.15, 0.2) is 40.5 Å². The van der Waals surface area contributed by atoms with Gasteiger partial charge in [-0.2, -0.15) is 4.98 Å². The summed E-state index contributed by atoms with van der Waals surface area (Å²) in [6, 6.07) is 7.37. The second-order valence-corrected chi connectivity index (χ2v) is 15.2. The van der Waals surface area contributed by atoms with Gasteiger partial charge in [-0.1, -0.05) is 50.3 Å². The summed E-state index contributed by atoms with van der Waals surface area (Å²) < 4.78 is 49.0. The summed E-state index contributed by atoms with van der Waals surface area (Å²) in [5.41, 5.74) is 3.76. The van der Waals surface area contributed by atoms with Crippen molar-refractivity contribution < 1.29 is 52.4 Å². The first-order chi connectivity index (χ1) is 24.1. The van der Waals surface area contributed by atoms with Crippen LogP contribution in [0.1, 0.15) is 71.1 Å². The summed E-state index contributed by atoms with van der Waals surface area (Å²) >= 11 is 1.32. The summed E-state index contributed by atoms with van der Waals surface area (Å²) in [5.74, 6) is -0.0876. The molecule has 2 heterocycles. The van der Waals surface area contributed by atoms with Crippen LogP contribution in [-0.2, 0) is 44.4 Å². The number of anilines is 1. The maximum atomic E-state index is 13.5. The van der Waals surface area contributed by atoms with E-state index in [1.807, 2.05) is 24.3 Å². The minimum atomic E-state index is -5.56. The molecule has 0 radical (unpaired) electrons. The van der Waals surface area contributed by atoms with E-state index in [0.29, 0.717) is 47.6 Å². The van der Waals surface area contributed by atoms with Crippen LogP contribution in [0.5, 0.6) is 5.75 Å². The third-order valence-corrected chi connectivity index (χ3v) is 10.9. The van der Waals surface area contributed by atoms with E-state index >= 15 is 0 Å². The number of benzene rings is 1. The summed E-state index contributed by atoms with van der Waals surface area (Å²) in [5, 5.41) is 0.490. The Bertz CT molecular complexity index is 1580. The van der Waals surface area contributed by atoms with Crippen LogP contribution in [0.2, 0.25) is 0 Å². The predicted molar refractivity (Wildman–Crippen MR) is 179 cm³/mol. The first-order valence-corrected chi connectivity index (χ1v) is 19.1. The molecule has 2 aromatic heterocycles. The SMILES string of the molecule is COc1ccc(Sc2nc(N)nc3c2ncn3CC(C)OC(OC(OC=O)C2CCCCC2)(OC(OC=O)C2CCCCC2)P(=O)(O)O)cc1. The summed E-state index contributed by atoms with van der Waals surface area (Å²) in [7, 11) is -3.98. The van der Waals surface area contributed by atoms with E-state index in [1.54, 1.807) is 18.6 Å². The van der Waals surface area contributed by atoms with Crippen LogP contribution in [0.25, 0.3) is 11.2 Å². The molecule has 50 heavy (non-hydrogen) atoms. The van der Waals surface area contributed by atoms with Gasteiger partial charge in [-0.05, 0) is 56.9 Å². The highest BCUT2D eigenvalue weighted by Gasteiger charge is 2.58. The summed E-state index contributed by atoms with van der Waals surface area (Å²) in [6.45, 7) is 1.82. The van der Waals surface area contributed by atoms with Crippen molar-refractivity contribution in [2.24, 2.45) is 11.8 Å². The molecular formula is C32H44N5O11PS. The molecule has 0 spiro atoms. The lowest BCUT2D eigenvalue weighted by molar-refractivity contribution is -0.421. The number of fused-ring (bicyclic) bond motifs is 1. The van der Waals surface area contributed by atoms with E-state index in [9.17, 15) is 23.9 Å². The average molecular weight is 738 g/mol. The molecule has 2 fully saturated rings. The normalized spacial score (nSPS) is 19.3. The molecule has 5 rings (SSSR count). The van der Waals surface area contributed by atoms with E-state index in [-0.39, 0.29) is 37.3 Å². The number of methoxy groups -OCH3 is 1. The highest BCUT2D eigenvalue weighted by atomic mass is 32.2. The highest BCUT2D eigenvalue weighted by molar-refractivity contribution is 7.99. The molecule has 1 aromatic carbocycles. The molecule has 16 nitrogen and oxygen atoms in total. The molecule has 2 saturated carbocycles. The first kappa shape index (κ1) is 37.9. The van der Waals surface area contributed by atoms with Crippen molar-refractivity contribution in [2.75, 3.05) is 12.8 Å². The molecule has 2 aliphatic rings. The standard InChI is InChI=1S/C32H44N5O11PS/c1-21(17-37-18-34-26-27(37)35-31(33)36-28(26)50-25-15-13-24(43-2)14-16-25)46-32(49(40,41)42,47-29(44-19-38)22-9-5-3-6-10-22)48-30(45-20-39)23-11-7-4-8-12-23/h13-16,18-23,29-30H,3-12,17H2,1-2H3,(H2,33,35,36)(H2,40,41,42). The second-order valence-electron chi connectivity index (χ2n) is 12.5. The van der Waals surface area contributed by atoms with Crippen LogP contribution in [0.4, 0.5) is 5.95 Å². The minimum Gasteiger partial charge on any atom is -0.497 e. The second kappa shape index (κ2) is 17.3. The van der Waals surface area contributed by atoms with Gasteiger partial charge in [0.15, 0.2) is 5.65 Å². The molecule has 0 saturated heterocycles. The monoisotopic (exact) mass is 737 g/mol. The number of nitrogen functional groups attached to an aromatic ring is 1. The Hall–Kier alpha value is -3.31. The Morgan fingerprint density at radius 3 is 2.00 bits per heavy atom. The Labute approximate surface area is 293 Å². The lowest BCUT2D eigenvalue weighted by atomic mass is 9.88. The van der Waals surface area contributed by atoms with Crippen LogP contribution >= 0.6 is 19.4 Å². The van der Waals surface area contributed by atoms with Gasteiger partial charge in [0, 0.05) is 16.7 Å². The van der Waals surface area contributed by atoms with E-state index in [2.05, 4.69) is 15.0 Å². The number of carbonyl (C=O) groups is 2. The van der Waals surface area contributed by atoms with Crippen molar-refractivity contribution >= 4 is 49.4 Å². The van der Waals surface area contributed by atoms with E-state index in [1.165, 1.54) is 18.1 Å². The zero-order valence-corrected chi connectivity index (χ0v) is 29.7. The molecule has 3 unspecified atom stereocenters. The number of hydrogen-bond donors (Lipinski definition) is 3. The highest BCUT2D eigenvalue weighted by Crippen LogP contribution is 2.56. The maximum absolute atomic E-state index is 13.5. The number of nitrogens with two attached hydrogens (primary N) is 1. The third-order valence-electron chi connectivity index (χ3n) is 8.86. The van der Waals surface area contributed by atoms with Gasteiger partial charge in [-0.25, -0.2) is 9.97 Å². The van der Waals surface area contributed by atoms with Crippen molar-refractivity contribution in [1.29, 1.82) is 0 Å². The fourth-order valence-corrected chi connectivity index (χ4v) is 8.11. The van der Waals surface area contributed by atoms with Crippen LogP contribution in [0, 0.1) is 11.8 Å². The van der Waals surface area contributed by atoms with Crippen LogP contribution < -0.4 is 10.5 Å². The molecule has 3 atom stereocenters. The molecule has 0 amide bonds. The summed E-state index contributed by atoms with van der Waals surface area (Å²) in [6.07, 6.45) is 5.08. The Kier molecular flexibility index (Phi) is 13.1. The van der Waals surface area contributed by atoms with Crippen LogP contribution in [-0.4, -0.2) is 73.8 Å². The molecule has 3 aromatic rings. The number of hydrogen-bond acceptors (Lipinski definition) is 14. The number of nitrogens with zero attached hydrogens (tertiary/aromatic N) is 4. The van der Waals surface area contributed by atoms with Gasteiger partial charge in [0.25, 0.3) is 12.9 Å². The van der Waals surface area contributed by atoms with Gasteiger partial charge in [0.2, 0.25) is 18.5 Å². The molecule has 0 bridgehead atoms. The van der Waals surface area contributed by atoms with Crippen molar-refractivity contribution in [1.82, 2.24) is 19.5 Å². The smallest absolute Gasteiger partial charge is 0.415 e. The minimum absolute atomic E-state index is 0.0114. The largest absolute Gasteiger partial charge is 0.497 e. The Morgan fingerprint density at radius 2 is 1.50 bits per heavy atom. The fourth-order valence-electron chi connectivity index (χ4n) is 6.44. The van der Waals surface area contributed by atoms with Crippen LogP contribution in [0.3, 0.4) is 0 Å². The molecule has 274 valence electrons. The molecule has 0 aliphatic heterocycles. The van der Waals surface area contributed by atoms with E-state index in [4.69, 9.17) is 34.2 Å². The van der Waals surface area contributed by atoms with Crippen molar-refractivity contribution in [3.63, 3.8) is 0 Å². The van der Waals surface area contributed by atoms with Crippen molar-refractivity contribution in [2.45, 2.75) is 112 Å². The molecular weight excluding hydrogens is 693 g/mol. The van der Waals surface area contributed by atoms with Gasteiger partial charge in [0.05, 0.1) is 26.1 Å². The maximum Gasteiger partial charge on any atom is 0.415 e.